The fraction of sp³-hybridized carbons (Fsp3) is 0. The van der Waals surface area contributed by atoms with E-state index < -0.39 is 0 Å². The van der Waals surface area contributed by atoms with Gasteiger partial charge < -0.3 is 5.73 Å². The summed E-state index contributed by atoms with van der Waals surface area (Å²) in [6.07, 6.45) is 2.41. The smallest absolute Gasteiger partial charge is 0.267 e. The zero-order valence-electron chi connectivity index (χ0n) is 6.13. The zero-order chi connectivity index (χ0) is 9.68. The Hall–Kier alpha value is -2.43. The highest BCUT2D eigenvalue weighted by Gasteiger charge is 2.01. The maximum absolute atomic E-state index is 9.81. The molecule has 0 radical (unpaired) electrons. The minimum absolute atomic E-state index is 0.196. The van der Waals surface area contributed by atoms with Gasteiger partial charge in [0.2, 0.25) is 18.1 Å². The Morgan fingerprint density at radius 3 is 1.85 bits per heavy atom. The minimum atomic E-state index is -0.253. The molecule has 2 N–H and O–H groups in total. The normalized spacial score (nSPS) is 8.31. The Kier molecular flexibility index (Phi) is 2.54. The maximum atomic E-state index is 9.81. The van der Waals surface area contributed by atoms with Crippen LogP contribution in [-0.2, 0) is 9.59 Å². The number of aliphatic imine (C=N–C) groups is 2. The first-order valence-electron chi connectivity index (χ1n) is 2.93. The van der Waals surface area contributed by atoms with Crippen LogP contribution in [0.15, 0.2) is 9.98 Å². The van der Waals surface area contributed by atoms with Crippen LogP contribution in [0.4, 0.5) is 17.8 Å². The van der Waals surface area contributed by atoms with Crippen molar-refractivity contribution < 1.29 is 9.59 Å². The van der Waals surface area contributed by atoms with Crippen LogP contribution in [0.3, 0.4) is 0 Å². The van der Waals surface area contributed by atoms with E-state index in [2.05, 4.69) is 24.9 Å². The number of rotatable bonds is 2. The van der Waals surface area contributed by atoms with Gasteiger partial charge in [-0.05, 0) is 0 Å². The molecule has 0 saturated heterocycles. The van der Waals surface area contributed by atoms with Gasteiger partial charge in [0.25, 0.3) is 11.9 Å². The van der Waals surface area contributed by atoms with Gasteiger partial charge in [0.15, 0.2) is 0 Å². The topological polar surface area (TPSA) is 124 Å². The van der Waals surface area contributed by atoms with Crippen molar-refractivity contribution in [3.63, 3.8) is 0 Å². The van der Waals surface area contributed by atoms with E-state index in [4.69, 9.17) is 5.73 Å². The summed E-state index contributed by atoms with van der Waals surface area (Å²) in [5.74, 6) is -0.703. The molecule has 0 amide bonds. The molecule has 0 unspecified atom stereocenters. The van der Waals surface area contributed by atoms with Crippen molar-refractivity contribution >= 4 is 30.0 Å². The second-order valence-corrected chi connectivity index (χ2v) is 1.70. The molecule has 8 nitrogen and oxygen atoms in total. The molecule has 0 atom stereocenters. The molecule has 1 aromatic heterocycles. The zero-order valence-corrected chi connectivity index (χ0v) is 6.13. The van der Waals surface area contributed by atoms with Crippen molar-refractivity contribution in [2.45, 2.75) is 0 Å². The van der Waals surface area contributed by atoms with Crippen LogP contribution in [0, 0.1) is 0 Å². The van der Waals surface area contributed by atoms with E-state index in [1.165, 1.54) is 12.2 Å². The molecule has 0 aliphatic rings. The van der Waals surface area contributed by atoms with Crippen LogP contribution in [-0.4, -0.2) is 27.1 Å². The number of nitrogen functional groups attached to an aromatic ring is 1. The van der Waals surface area contributed by atoms with Crippen LogP contribution in [0.1, 0.15) is 0 Å². The molecule has 0 saturated carbocycles. The van der Waals surface area contributed by atoms with Crippen LogP contribution in [0.25, 0.3) is 0 Å². The van der Waals surface area contributed by atoms with Gasteiger partial charge in [-0.25, -0.2) is 9.59 Å². The SMILES string of the molecule is Nc1nc(N=C=O)nc(N=C=O)n1. The molecule has 0 aromatic carbocycles. The van der Waals surface area contributed by atoms with E-state index in [1.807, 2.05) is 0 Å². The molecular formula is C5H2N6O2. The number of hydrogen-bond acceptors (Lipinski definition) is 8. The van der Waals surface area contributed by atoms with Gasteiger partial charge in [-0.3, -0.25) is 0 Å². The van der Waals surface area contributed by atoms with Crippen LogP contribution < -0.4 is 5.73 Å². The van der Waals surface area contributed by atoms with E-state index in [0.717, 1.165) is 0 Å². The van der Waals surface area contributed by atoms with Crippen molar-refractivity contribution in [3.05, 3.63) is 0 Å². The Morgan fingerprint density at radius 2 is 1.46 bits per heavy atom. The predicted octanol–water partition coefficient (Wildman–Crippen LogP) is -0.612. The molecule has 0 spiro atoms. The summed E-state index contributed by atoms with van der Waals surface area (Å²) in [5.41, 5.74) is 5.18. The molecule has 0 bridgehead atoms. The summed E-state index contributed by atoms with van der Waals surface area (Å²) in [6.45, 7) is 0. The number of nitrogens with zero attached hydrogens (tertiary/aromatic N) is 5. The average Bonchev–Trinajstić information content (AvgIpc) is 2.04. The summed E-state index contributed by atoms with van der Waals surface area (Å²) in [4.78, 5) is 36.1. The lowest BCUT2D eigenvalue weighted by molar-refractivity contribution is 0.564. The largest absolute Gasteiger partial charge is 0.368 e. The van der Waals surface area contributed by atoms with Crippen LogP contribution >= 0.6 is 0 Å². The van der Waals surface area contributed by atoms with Gasteiger partial charge >= 0.3 is 0 Å². The number of nitrogens with two attached hydrogens (primary N) is 1. The molecule has 8 heteroatoms. The van der Waals surface area contributed by atoms with Gasteiger partial charge in [0, 0.05) is 0 Å². The molecule has 0 fully saturated rings. The number of isocyanates is 2. The summed E-state index contributed by atoms with van der Waals surface area (Å²) in [6, 6.07) is 0. The maximum Gasteiger partial charge on any atom is 0.267 e. The molecule has 1 rings (SSSR count). The third-order valence-electron chi connectivity index (χ3n) is 0.920. The summed E-state index contributed by atoms with van der Waals surface area (Å²) in [5, 5.41) is 0. The quantitative estimate of drug-likeness (QED) is 0.475. The number of aromatic nitrogens is 3. The van der Waals surface area contributed by atoms with Crippen LogP contribution in [0.5, 0.6) is 0 Å². The first kappa shape index (κ1) is 8.66. The van der Waals surface area contributed by atoms with Gasteiger partial charge in [-0.15, -0.1) is 9.98 Å². The lowest BCUT2D eigenvalue weighted by Gasteiger charge is -1.92. The number of anilines is 1. The van der Waals surface area contributed by atoms with Crippen molar-refractivity contribution in [2.24, 2.45) is 9.98 Å². The third kappa shape index (κ3) is 2.26. The Labute approximate surface area is 71.3 Å². The second-order valence-electron chi connectivity index (χ2n) is 1.70. The van der Waals surface area contributed by atoms with Gasteiger partial charge in [0.1, 0.15) is 0 Å². The third-order valence-corrected chi connectivity index (χ3v) is 0.920. The molecule has 1 heterocycles. The lowest BCUT2D eigenvalue weighted by atomic mass is 10.8. The Morgan fingerprint density at radius 1 is 1.00 bits per heavy atom. The summed E-state index contributed by atoms with van der Waals surface area (Å²) < 4.78 is 0. The summed E-state index contributed by atoms with van der Waals surface area (Å²) in [7, 11) is 0. The van der Waals surface area contributed by atoms with Crippen molar-refractivity contribution in [1.29, 1.82) is 0 Å². The fourth-order valence-electron chi connectivity index (χ4n) is 0.551. The van der Waals surface area contributed by atoms with Crippen molar-refractivity contribution in [3.8, 4) is 0 Å². The van der Waals surface area contributed by atoms with Crippen molar-refractivity contribution in [2.75, 3.05) is 5.73 Å². The molecule has 13 heavy (non-hydrogen) atoms. The Bertz CT molecular complexity index is 381. The minimum Gasteiger partial charge on any atom is -0.368 e. The molecule has 0 aliphatic heterocycles. The highest BCUT2D eigenvalue weighted by Crippen LogP contribution is 2.10. The standard InChI is InChI=1S/C5H2N6O2/c6-3-9-4(7-1-12)11-5(10-3)8-2-13/h(H2,6,9,10,11). The molecule has 64 valence electrons. The fourth-order valence-corrected chi connectivity index (χ4v) is 0.551. The van der Waals surface area contributed by atoms with E-state index >= 15 is 0 Å². The Balaban J connectivity index is 3.25. The van der Waals surface area contributed by atoms with Gasteiger partial charge in [0.05, 0.1) is 0 Å². The highest BCUT2D eigenvalue weighted by atomic mass is 16.1. The molecule has 0 aliphatic carbocycles. The van der Waals surface area contributed by atoms with Gasteiger partial charge in [-0.2, -0.15) is 15.0 Å². The van der Waals surface area contributed by atoms with E-state index in [0.29, 0.717) is 0 Å². The molecule has 1 aromatic rings. The first-order chi connectivity index (χ1) is 6.26. The van der Waals surface area contributed by atoms with Crippen molar-refractivity contribution in [1.82, 2.24) is 15.0 Å². The monoisotopic (exact) mass is 178 g/mol. The van der Waals surface area contributed by atoms with E-state index in [-0.39, 0.29) is 17.8 Å². The number of hydrogen-bond donors (Lipinski definition) is 1. The van der Waals surface area contributed by atoms with Crippen LogP contribution in [0.2, 0.25) is 0 Å². The van der Waals surface area contributed by atoms with Gasteiger partial charge in [-0.1, -0.05) is 0 Å². The lowest BCUT2D eigenvalue weighted by Crippen LogP contribution is -1.96. The average molecular weight is 178 g/mol. The first-order valence-corrected chi connectivity index (χ1v) is 2.93. The van der Waals surface area contributed by atoms with E-state index in [1.54, 1.807) is 0 Å². The number of carbonyl (C=O) groups excluding carboxylic acids is 2. The second kappa shape index (κ2) is 3.82. The molecular weight excluding hydrogens is 176 g/mol. The predicted molar refractivity (Wildman–Crippen MR) is 39.8 cm³/mol. The summed E-state index contributed by atoms with van der Waals surface area (Å²) >= 11 is 0. The van der Waals surface area contributed by atoms with E-state index in [9.17, 15) is 9.59 Å². The highest BCUT2D eigenvalue weighted by molar-refractivity contribution is 5.46.